The van der Waals surface area contributed by atoms with E-state index < -0.39 is 0 Å². The summed E-state index contributed by atoms with van der Waals surface area (Å²) in [5, 5.41) is 6.80. The third kappa shape index (κ3) is 3.11. The van der Waals surface area contributed by atoms with Crippen molar-refractivity contribution in [1.29, 1.82) is 0 Å². The average Bonchev–Trinajstić information content (AvgIpc) is 2.69. The zero-order valence-corrected chi connectivity index (χ0v) is 8.61. The molecule has 1 fully saturated rings. The maximum atomic E-state index is 3.53. The Morgan fingerprint density at radius 3 is 2.33 bits per heavy atom. The molecule has 0 aromatic carbocycles. The van der Waals surface area contributed by atoms with Crippen molar-refractivity contribution < 1.29 is 0 Å². The molecule has 0 heterocycles. The Balaban J connectivity index is 2.06. The van der Waals surface area contributed by atoms with E-state index in [1.807, 2.05) is 7.05 Å². The maximum Gasteiger partial charge on any atom is 0.00201 e. The summed E-state index contributed by atoms with van der Waals surface area (Å²) in [6, 6.07) is 0. The molecule has 0 radical (unpaired) electrons. The fourth-order valence-corrected chi connectivity index (χ4v) is 1.59. The molecule has 0 saturated heterocycles. The first-order valence-corrected chi connectivity index (χ1v) is 5.04. The van der Waals surface area contributed by atoms with Crippen LogP contribution in [0.2, 0.25) is 0 Å². The van der Waals surface area contributed by atoms with Crippen molar-refractivity contribution >= 4 is 0 Å². The Morgan fingerprint density at radius 2 is 1.92 bits per heavy atom. The smallest absolute Gasteiger partial charge is 0.00201 e. The SMILES string of the molecule is CNCC1(CNCC(C)C)CC1. The molecule has 0 aromatic rings. The van der Waals surface area contributed by atoms with Crippen LogP contribution in [-0.2, 0) is 0 Å². The quantitative estimate of drug-likeness (QED) is 0.626. The lowest BCUT2D eigenvalue weighted by molar-refractivity contribution is 0.420. The third-order valence-electron chi connectivity index (χ3n) is 2.56. The van der Waals surface area contributed by atoms with Gasteiger partial charge in [-0.25, -0.2) is 0 Å². The Labute approximate surface area is 76.1 Å². The van der Waals surface area contributed by atoms with Crippen molar-refractivity contribution in [1.82, 2.24) is 10.6 Å². The minimum absolute atomic E-state index is 0.615. The van der Waals surface area contributed by atoms with Crippen LogP contribution < -0.4 is 10.6 Å². The van der Waals surface area contributed by atoms with Gasteiger partial charge in [0, 0.05) is 13.1 Å². The zero-order chi connectivity index (χ0) is 9.03. The van der Waals surface area contributed by atoms with E-state index >= 15 is 0 Å². The van der Waals surface area contributed by atoms with Gasteiger partial charge in [0.1, 0.15) is 0 Å². The van der Waals surface area contributed by atoms with E-state index in [0.29, 0.717) is 5.41 Å². The molecular weight excluding hydrogens is 148 g/mol. The fraction of sp³-hybridized carbons (Fsp3) is 1.00. The van der Waals surface area contributed by atoms with Crippen LogP contribution in [0.25, 0.3) is 0 Å². The van der Waals surface area contributed by atoms with Crippen LogP contribution in [0.15, 0.2) is 0 Å². The van der Waals surface area contributed by atoms with Crippen LogP contribution in [0.3, 0.4) is 0 Å². The second-order valence-corrected chi connectivity index (χ2v) is 4.56. The van der Waals surface area contributed by atoms with E-state index in [-0.39, 0.29) is 0 Å². The van der Waals surface area contributed by atoms with Gasteiger partial charge in [-0.05, 0) is 37.8 Å². The molecule has 1 aliphatic carbocycles. The minimum atomic E-state index is 0.615. The van der Waals surface area contributed by atoms with Gasteiger partial charge < -0.3 is 10.6 Å². The molecule has 0 amide bonds. The second kappa shape index (κ2) is 4.24. The Bertz CT molecular complexity index is 128. The summed E-state index contributed by atoms with van der Waals surface area (Å²) in [7, 11) is 2.04. The highest BCUT2D eigenvalue weighted by atomic mass is 14.9. The molecule has 1 aliphatic rings. The predicted octanol–water partition coefficient (Wildman–Crippen LogP) is 1.23. The topological polar surface area (TPSA) is 24.1 Å². The van der Waals surface area contributed by atoms with Gasteiger partial charge in [0.25, 0.3) is 0 Å². The van der Waals surface area contributed by atoms with Gasteiger partial charge in [-0.15, -0.1) is 0 Å². The summed E-state index contributed by atoms with van der Waals surface area (Å²) >= 11 is 0. The zero-order valence-electron chi connectivity index (χ0n) is 8.61. The van der Waals surface area contributed by atoms with Crippen molar-refractivity contribution in [3.05, 3.63) is 0 Å². The molecule has 1 saturated carbocycles. The van der Waals surface area contributed by atoms with Crippen LogP contribution >= 0.6 is 0 Å². The summed E-state index contributed by atoms with van der Waals surface area (Å²) in [6.45, 7) is 8.05. The van der Waals surface area contributed by atoms with Gasteiger partial charge in [-0.2, -0.15) is 0 Å². The lowest BCUT2D eigenvalue weighted by atomic mass is 10.1. The Kier molecular flexibility index (Phi) is 3.53. The van der Waals surface area contributed by atoms with E-state index in [2.05, 4.69) is 24.5 Å². The molecule has 0 aromatic heterocycles. The van der Waals surface area contributed by atoms with E-state index in [9.17, 15) is 0 Å². The molecule has 2 nitrogen and oxygen atoms in total. The van der Waals surface area contributed by atoms with Crippen molar-refractivity contribution in [2.24, 2.45) is 11.3 Å². The standard InChI is InChI=1S/C10H22N2/c1-9(2)6-12-8-10(4-5-10)7-11-3/h9,11-12H,4-8H2,1-3H3. The van der Waals surface area contributed by atoms with E-state index in [1.165, 1.54) is 25.9 Å². The molecule has 1 rings (SSSR count). The summed E-state index contributed by atoms with van der Waals surface area (Å²) in [6.07, 6.45) is 2.80. The normalized spacial score (nSPS) is 20.0. The largest absolute Gasteiger partial charge is 0.319 e. The lowest BCUT2D eigenvalue weighted by Gasteiger charge is -2.16. The van der Waals surface area contributed by atoms with Gasteiger partial charge in [0.05, 0.1) is 0 Å². The predicted molar refractivity (Wildman–Crippen MR) is 53.3 cm³/mol. The van der Waals surface area contributed by atoms with Gasteiger partial charge in [-0.3, -0.25) is 0 Å². The number of rotatable bonds is 6. The monoisotopic (exact) mass is 170 g/mol. The first-order valence-electron chi connectivity index (χ1n) is 5.04. The molecular formula is C10H22N2. The fourth-order valence-electron chi connectivity index (χ4n) is 1.59. The van der Waals surface area contributed by atoms with Crippen molar-refractivity contribution in [2.75, 3.05) is 26.7 Å². The number of hydrogen-bond donors (Lipinski definition) is 2. The molecule has 0 unspecified atom stereocenters. The molecule has 2 N–H and O–H groups in total. The lowest BCUT2D eigenvalue weighted by Crippen LogP contribution is -2.33. The van der Waals surface area contributed by atoms with Gasteiger partial charge in [-0.1, -0.05) is 13.8 Å². The van der Waals surface area contributed by atoms with Crippen LogP contribution in [0.1, 0.15) is 26.7 Å². The Hall–Kier alpha value is -0.0800. The first kappa shape index (κ1) is 10.0. The highest BCUT2D eigenvalue weighted by Crippen LogP contribution is 2.44. The first-order chi connectivity index (χ1) is 5.68. The summed E-state index contributed by atoms with van der Waals surface area (Å²) in [5.74, 6) is 0.774. The van der Waals surface area contributed by atoms with Gasteiger partial charge in [0.15, 0.2) is 0 Å². The van der Waals surface area contributed by atoms with E-state index in [1.54, 1.807) is 0 Å². The highest BCUT2D eigenvalue weighted by Gasteiger charge is 2.41. The molecule has 2 heteroatoms. The van der Waals surface area contributed by atoms with Crippen molar-refractivity contribution in [3.63, 3.8) is 0 Å². The van der Waals surface area contributed by atoms with Crippen molar-refractivity contribution in [3.8, 4) is 0 Å². The van der Waals surface area contributed by atoms with Crippen LogP contribution in [0.5, 0.6) is 0 Å². The molecule has 0 bridgehead atoms. The van der Waals surface area contributed by atoms with E-state index in [0.717, 1.165) is 12.5 Å². The molecule has 12 heavy (non-hydrogen) atoms. The number of nitrogens with one attached hydrogen (secondary N) is 2. The van der Waals surface area contributed by atoms with Crippen LogP contribution in [-0.4, -0.2) is 26.7 Å². The van der Waals surface area contributed by atoms with Crippen LogP contribution in [0.4, 0.5) is 0 Å². The minimum Gasteiger partial charge on any atom is -0.319 e. The van der Waals surface area contributed by atoms with Crippen LogP contribution in [0, 0.1) is 11.3 Å². The summed E-state index contributed by atoms with van der Waals surface area (Å²) in [5.41, 5.74) is 0.615. The van der Waals surface area contributed by atoms with Crippen molar-refractivity contribution in [2.45, 2.75) is 26.7 Å². The summed E-state index contributed by atoms with van der Waals surface area (Å²) < 4.78 is 0. The molecule has 72 valence electrons. The summed E-state index contributed by atoms with van der Waals surface area (Å²) in [4.78, 5) is 0. The Morgan fingerprint density at radius 1 is 1.25 bits per heavy atom. The highest BCUT2D eigenvalue weighted by molar-refractivity contribution is 4.96. The second-order valence-electron chi connectivity index (χ2n) is 4.56. The molecule has 0 aliphatic heterocycles. The third-order valence-corrected chi connectivity index (χ3v) is 2.56. The maximum absolute atomic E-state index is 3.53. The average molecular weight is 170 g/mol. The van der Waals surface area contributed by atoms with Gasteiger partial charge >= 0.3 is 0 Å². The number of hydrogen-bond acceptors (Lipinski definition) is 2. The van der Waals surface area contributed by atoms with Gasteiger partial charge in [0.2, 0.25) is 0 Å². The molecule has 0 atom stereocenters. The molecule has 0 spiro atoms. The van der Waals surface area contributed by atoms with E-state index in [4.69, 9.17) is 0 Å².